The molecule has 0 aliphatic carbocycles. The number of rotatable bonds is 3. The van der Waals surface area contributed by atoms with Crippen LogP contribution in [0, 0.1) is 6.92 Å². The van der Waals surface area contributed by atoms with E-state index in [0.717, 1.165) is 5.56 Å². The predicted octanol–water partition coefficient (Wildman–Crippen LogP) is 1.36. The fourth-order valence-corrected chi connectivity index (χ4v) is 1.72. The van der Waals surface area contributed by atoms with Crippen molar-refractivity contribution in [3.63, 3.8) is 0 Å². The van der Waals surface area contributed by atoms with E-state index in [-0.39, 0.29) is 6.61 Å². The van der Waals surface area contributed by atoms with Gasteiger partial charge in [0, 0.05) is 6.42 Å². The SMILES string of the molecule is Cc1cccc(CC2OCC(C(=O)O)O2)c1. The minimum absolute atomic E-state index is 0.131. The highest BCUT2D eigenvalue weighted by molar-refractivity contribution is 5.72. The summed E-state index contributed by atoms with van der Waals surface area (Å²) in [7, 11) is 0. The first-order valence-corrected chi connectivity index (χ1v) is 5.20. The highest BCUT2D eigenvalue weighted by atomic mass is 16.7. The Morgan fingerprint density at radius 1 is 1.56 bits per heavy atom. The minimum Gasteiger partial charge on any atom is -0.479 e. The Morgan fingerprint density at radius 2 is 2.38 bits per heavy atom. The van der Waals surface area contributed by atoms with Crippen LogP contribution in [0.4, 0.5) is 0 Å². The van der Waals surface area contributed by atoms with Crippen LogP contribution < -0.4 is 0 Å². The van der Waals surface area contributed by atoms with Crippen LogP contribution in [-0.2, 0) is 20.7 Å². The summed E-state index contributed by atoms with van der Waals surface area (Å²) in [5.74, 6) is -0.966. The highest BCUT2D eigenvalue weighted by Crippen LogP contribution is 2.17. The van der Waals surface area contributed by atoms with Crippen molar-refractivity contribution >= 4 is 5.97 Å². The number of carbonyl (C=O) groups is 1. The Kier molecular flexibility index (Phi) is 3.22. The lowest BCUT2D eigenvalue weighted by Gasteiger charge is -2.09. The minimum atomic E-state index is -0.966. The van der Waals surface area contributed by atoms with Gasteiger partial charge in [0.15, 0.2) is 12.4 Å². The molecule has 2 atom stereocenters. The molecule has 0 radical (unpaired) electrons. The molecule has 1 aromatic carbocycles. The van der Waals surface area contributed by atoms with E-state index in [4.69, 9.17) is 14.6 Å². The number of aliphatic carboxylic acids is 1. The number of carboxylic acids is 1. The molecule has 1 saturated heterocycles. The summed E-state index contributed by atoms with van der Waals surface area (Å²) < 4.78 is 10.5. The fourth-order valence-electron chi connectivity index (χ4n) is 1.72. The number of hydrogen-bond acceptors (Lipinski definition) is 3. The van der Waals surface area contributed by atoms with Crippen LogP contribution in [0.2, 0.25) is 0 Å². The average molecular weight is 222 g/mol. The van der Waals surface area contributed by atoms with Gasteiger partial charge in [0.2, 0.25) is 0 Å². The summed E-state index contributed by atoms with van der Waals surface area (Å²) in [4.78, 5) is 10.6. The van der Waals surface area contributed by atoms with E-state index in [1.54, 1.807) is 0 Å². The van der Waals surface area contributed by atoms with Crippen molar-refractivity contribution < 1.29 is 19.4 Å². The third kappa shape index (κ3) is 2.59. The highest BCUT2D eigenvalue weighted by Gasteiger charge is 2.31. The van der Waals surface area contributed by atoms with Gasteiger partial charge in [-0.1, -0.05) is 29.8 Å². The van der Waals surface area contributed by atoms with Gasteiger partial charge in [-0.3, -0.25) is 0 Å². The van der Waals surface area contributed by atoms with E-state index in [2.05, 4.69) is 0 Å². The molecule has 4 nitrogen and oxygen atoms in total. The van der Waals surface area contributed by atoms with Crippen LogP contribution in [0.5, 0.6) is 0 Å². The van der Waals surface area contributed by atoms with Crippen molar-refractivity contribution in [3.8, 4) is 0 Å². The van der Waals surface area contributed by atoms with E-state index in [1.165, 1.54) is 5.56 Å². The molecule has 2 unspecified atom stereocenters. The molecule has 16 heavy (non-hydrogen) atoms. The third-order valence-corrected chi connectivity index (χ3v) is 2.51. The van der Waals surface area contributed by atoms with E-state index in [9.17, 15) is 4.79 Å². The molecule has 0 bridgehead atoms. The number of benzene rings is 1. The molecule has 1 aliphatic heterocycles. The van der Waals surface area contributed by atoms with Gasteiger partial charge in [-0.15, -0.1) is 0 Å². The van der Waals surface area contributed by atoms with Crippen LogP contribution in [0.25, 0.3) is 0 Å². The topological polar surface area (TPSA) is 55.8 Å². The second kappa shape index (κ2) is 4.63. The van der Waals surface area contributed by atoms with Crippen molar-refractivity contribution in [2.75, 3.05) is 6.61 Å². The molecule has 0 spiro atoms. The summed E-state index contributed by atoms with van der Waals surface area (Å²) in [5.41, 5.74) is 2.27. The van der Waals surface area contributed by atoms with E-state index < -0.39 is 18.4 Å². The predicted molar refractivity (Wildman–Crippen MR) is 57.1 cm³/mol. The van der Waals surface area contributed by atoms with Gasteiger partial charge in [0.05, 0.1) is 6.61 Å². The zero-order valence-corrected chi connectivity index (χ0v) is 9.05. The first-order chi connectivity index (χ1) is 7.65. The van der Waals surface area contributed by atoms with Crippen LogP contribution in [0.15, 0.2) is 24.3 Å². The van der Waals surface area contributed by atoms with Crippen molar-refractivity contribution in [1.82, 2.24) is 0 Å². The second-order valence-electron chi connectivity index (χ2n) is 3.92. The van der Waals surface area contributed by atoms with Crippen LogP contribution >= 0.6 is 0 Å². The second-order valence-corrected chi connectivity index (χ2v) is 3.92. The lowest BCUT2D eigenvalue weighted by atomic mass is 10.1. The van der Waals surface area contributed by atoms with Gasteiger partial charge in [-0.25, -0.2) is 4.79 Å². The van der Waals surface area contributed by atoms with Crippen molar-refractivity contribution in [2.45, 2.75) is 25.7 Å². The molecule has 0 aromatic heterocycles. The average Bonchev–Trinajstić information content (AvgIpc) is 2.66. The van der Waals surface area contributed by atoms with Gasteiger partial charge in [-0.2, -0.15) is 0 Å². The molecular weight excluding hydrogens is 208 g/mol. The molecule has 1 heterocycles. The van der Waals surface area contributed by atoms with E-state index in [1.807, 2.05) is 31.2 Å². The van der Waals surface area contributed by atoms with Crippen molar-refractivity contribution in [1.29, 1.82) is 0 Å². The monoisotopic (exact) mass is 222 g/mol. The molecule has 0 amide bonds. The Labute approximate surface area is 93.8 Å². The Balaban J connectivity index is 1.94. The molecule has 1 fully saturated rings. The molecule has 4 heteroatoms. The van der Waals surface area contributed by atoms with Crippen molar-refractivity contribution in [2.24, 2.45) is 0 Å². The standard InChI is InChI=1S/C12H14O4/c1-8-3-2-4-9(5-8)6-11-15-7-10(16-11)12(13)14/h2-5,10-11H,6-7H2,1H3,(H,13,14). The summed E-state index contributed by atoms with van der Waals surface area (Å²) in [6.45, 7) is 2.14. The number of carboxylic acid groups (broad SMARTS) is 1. The molecule has 1 N–H and O–H groups in total. The zero-order chi connectivity index (χ0) is 11.5. The summed E-state index contributed by atoms with van der Waals surface area (Å²) in [5, 5.41) is 8.74. The smallest absolute Gasteiger partial charge is 0.335 e. The van der Waals surface area contributed by atoms with Gasteiger partial charge < -0.3 is 14.6 Å². The van der Waals surface area contributed by atoms with Gasteiger partial charge in [0.1, 0.15) is 0 Å². The maximum absolute atomic E-state index is 10.6. The van der Waals surface area contributed by atoms with Gasteiger partial charge >= 0.3 is 5.97 Å². The number of hydrogen-bond donors (Lipinski definition) is 1. The first-order valence-electron chi connectivity index (χ1n) is 5.20. The number of ether oxygens (including phenoxy) is 2. The molecular formula is C12H14O4. The van der Waals surface area contributed by atoms with Crippen LogP contribution in [0.1, 0.15) is 11.1 Å². The Morgan fingerprint density at radius 3 is 3.00 bits per heavy atom. The van der Waals surface area contributed by atoms with Gasteiger partial charge in [-0.05, 0) is 12.5 Å². The molecule has 1 aliphatic rings. The lowest BCUT2D eigenvalue weighted by Crippen LogP contribution is -2.23. The summed E-state index contributed by atoms with van der Waals surface area (Å²) in [6, 6.07) is 8.00. The Bertz CT molecular complexity index is 388. The molecule has 1 aromatic rings. The summed E-state index contributed by atoms with van der Waals surface area (Å²) >= 11 is 0. The van der Waals surface area contributed by atoms with Crippen LogP contribution in [0.3, 0.4) is 0 Å². The maximum atomic E-state index is 10.6. The van der Waals surface area contributed by atoms with E-state index in [0.29, 0.717) is 6.42 Å². The number of aryl methyl sites for hydroxylation is 1. The summed E-state index contributed by atoms with van der Waals surface area (Å²) in [6.07, 6.45) is -0.677. The first kappa shape index (κ1) is 11.1. The van der Waals surface area contributed by atoms with Crippen molar-refractivity contribution in [3.05, 3.63) is 35.4 Å². The molecule has 86 valence electrons. The largest absolute Gasteiger partial charge is 0.479 e. The normalized spacial score (nSPS) is 24.6. The fraction of sp³-hybridized carbons (Fsp3) is 0.417. The maximum Gasteiger partial charge on any atom is 0.335 e. The zero-order valence-electron chi connectivity index (χ0n) is 9.05. The Hall–Kier alpha value is -1.39. The lowest BCUT2D eigenvalue weighted by molar-refractivity contribution is -0.150. The van der Waals surface area contributed by atoms with Crippen LogP contribution in [-0.4, -0.2) is 30.1 Å². The van der Waals surface area contributed by atoms with E-state index >= 15 is 0 Å². The quantitative estimate of drug-likeness (QED) is 0.839. The molecule has 0 saturated carbocycles. The molecule has 2 rings (SSSR count). The third-order valence-electron chi connectivity index (χ3n) is 2.51. The van der Waals surface area contributed by atoms with Gasteiger partial charge in [0.25, 0.3) is 0 Å².